The van der Waals surface area contributed by atoms with Crippen molar-refractivity contribution in [1.82, 2.24) is 0 Å². The second kappa shape index (κ2) is 9.98. The highest BCUT2D eigenvalue weighted by Gasteiger charge is 2.18. The lowest BCUT2D eigenvalue weighted by molar-refractivity contribution is 0.101. The molecule has 0 fully saturated rings. The van der Waals surface area contributed by atoms with Gasteiger partial charge in [0.05, 0.1) is 30.0 Å². The van der Waals surface area contributed by atoms with Gasteiger partial charge >= 0.3 is 6.16 Å². The quantitative estimate of drug-likeness (QED) is 0.464. The average Bonchev–Trinajstić information content (AvgIpc) is 2.71. The van der Waals surface area contributed by atoms with Crippen LogP contribution in [0.25, 0.3) is 0 Å². The Hall–Kier alpha value is -2.74. The van der Waals surface area contributed by atoms with Crippen molar-refractivity contribution >= 4 is 21.7 Å². The fourth-order valence-corrected chi connectivity index (χ4v) is 3.48. The molecule has 0 saturated heterocycles. The Kier molecular flexibility index (Phi) is 7.69. The summed E-state index contributed by atoms with van der Waals surface area (Å²) in [4.78, 5) is 13.9. The predicted molar refractivity (Wildman–Crippen MR) is 107 cm³/mol. The first kappa shape index (κ1) is 21.6. The number of hydrogen-bond acceptors (Lipinski definition) is 7. The third kappa shape index (κ3) is 5.63. The topological polar surface area (TPSA) is 82.1 Å². The molecule has 2 aromatic carbocycles. The standard InChI is InChI=1S/C20H25NO6S/c1-4-21(13-14-26-20(22)27-16-9-7-6-8-10-16)18-15-17(28(23,24)5-2)11-12-19(18)25-3/h6-12,15H,4-5,13-14H2,1-3H3. The minimum atomic E-state index is -3.34. The van der Waals surface area contributed by atoms with Crippen LogP contribution >= 0.6 is 0 Å². The third-order valence-corrected chi connectivity index (χ3v) is 5.87. The Morgan fingerprint density at radius 1 is 1.07 bits per heavy atom. The van der Waals surface area contributed by atoms with Crippen LogP contribution in [0.4, 0.5) is 10.5 Å². The lowest BCUT2D eigenvalue weighted by Gasteiger charge is -2.25. The smallest absolute Gasteiger partial charge is 0.495 e. The van der Waals surface area contributed by atoms with E-state index in [2.05, 4.69) is 0 Å². The van der Waals surface area contributed by atoms with Gasteiger partial charge in [-0.25, -0.2) is 13.2 Å². The van der Waals surface area contributed by atoms with Crippen molar-refractivity contribution in [2.75, 3.05) is 37.5 Å². The highest BCUT2D eigenvalue weighted by Crippen LogP contribution is 2.31. The molecule has 0 heterocycles. The van der Waals surface area contributed by atoms with Gasteiger partial charge in [-0.1, -0.05) is 25.1 Å². The molecule has 0 radical (unpaired) electrons. The van der Waals surface area contributed by atoms with E-state index < -0.39 is 16.0 Å². The van der Waals surface area contributed by atoms with E-state index in [9.17, 15) is 13.2 Å². The molecule has 0 aromatic heterocycles. The molecule has 0 amide bonds. The Balaban J connectivity index is 2.06. The summed E-state index contributed by atoms with van der Waals surface area (Å²) in [7, 11) is -1.82. The molecule has 28 heavy (non-hydrogen) atoms. The van der Waals surface area contributed by atoms with Crippen molar-refractivity contribution < 1.29 is 27.4 Å². The van der Waals surface area contributed by atoms with Crippen molar-refractivity contribution in [3.63, 3.8) is 0 Å². The van der Waals surface area contributed by atoms with Crippen LogP contribution < -0.4 is 14.4 Å². The molecule has 2 rings (SSSR count). The van der Waals surface area contributed by atoms with E-state index in [-0.39, 0.29) is 17.3 Å². The van der Waals surface area contributed by atoms with Gasteiger partial charge in [0.25, 0.3) is 0 Å². The second-order valence-electron chi connectivity index (χ2n) is 5.83. The molecule has 152 valence electrons. The first-order chi connectivity index (χ1) is 13.4. The molecule has 7 nitrogen and oxygen atoms in total. The summed E-state index contributed by atoms with van der Waals surface area (Å²) in [6.45, 7) is 4.52. The number of nitrogens with zero attached hydrogens (tertiary/aromatic N) is 1. The maximum atomic E-state index is 12.2. The van der Waals surface area contributed by atoms with Crippen LogP contribution in [0.2, 0.25) is 0 Å². The summed E-state index contributed by atoms with van der Waals surface area (Å²) in [6, 6.07) is 13.4. The molecule has 0 unspecified atom stereocenters. The number of benzene rings is 2. The summed E-state index contributed by atoms with van der Waals surface area (Å²) in [6.07, 6.45) is -0.795. The van der Waals surface area contributed by atoms with Crippen molar-refractivity contribution in [2.45, 2.75) is 18.7 Å². The molecular weight excluding hydrogens is 382 g/mol. The van der Waals surface area contributed by atoms with Gasteiger partial charge in [-0.2, -0.15) is 0 Å². The van der Waals surface area contributed by atoms with Gasteiger partial charge in [0.2, 0.25) is 0 Å². The van der Waals surface area contributed by atoms with Gasteiger partial charge in [0.1, 0.15) is 18.1 Å². The molecule has 2 aromatic rings. The van der Waals surface area contributed by atoms with Gasteiger partial charge in [-0.3, -0.25) is 0 Å². The number of carbonyl (C=O) groups is 1. The van der Waals surface area contributed by atoms with E-state index in [4.69, 9.17) is 14.2 Å². The molecule has 0 atom stereocenters. The minimum absolute atomic E-state index is 0.0132. The monoisotopic (exact) mass is 407 g/mol. The Labute approximate surface area is 165 Å². The zero-order valence-electron chi connectivity index (χ0n) is 16.3. The molecule has 0 saturated carbocycles. The summed E-state index contributed by atoms with van der Waals surface area (Å²) in [5, 5.41) is 0. The highest BCUT2D eigenvalue weighted by atomic mass is 32.2. The van der Waals surface area contributed by atoms with Gasteiger partial charge in [-0.15, -0.1) is 0 Å². The zero-order chi connectivity index (χ0) is 20.6. The normalized spacial score (nSPS) is 11.0. The van der Waals surface area contributed by atoms with E-state index in [0.717, 1.165) is 0 Å². The number of para-hydroxylation sites is 1. The number of methoxy groups -OCH3 is 1. The number of sulfone groups is 1. The molecule has 0 N–H and O–H groups in total. The fraction of sp³-hybridized carbons (Fsp3) is 0.350. The number of ether oxygens (including phenoxy) is 3. The number of hydrogen-bond donors (Lipinski definition) is 0. The van der Waals surface area contributed by atoms with Gasteiger partial charge < -0.3 is 19.1 Å². The Morgan fingerprint density at radius 2 is 1.79 bits per heavy atom. The lowest BCUT2D eigenvalue weighted by atomic mass is 10.2. The maximum absolute atomic E-state index is 12.2. The van der Waals surface area contributed by atoms with Crippen molar-refractivity contribution in [1.29, 1.82) is 0 Å². The van der Waals surface area contributed by atoms with Gasteiger partial charge in [-0.05, 0) is 37.3 Å². The summed E-state index contributed by atoms with van der Waals surface area (Å²) >= 11 is 0. The summed E-state index contributed by atoms with van der Waals surface area (Å²) in [5.41, 5.74) is 0.625. The molecule has 0 aliphatic rings. The van der Waals surface area contributed by atoms with Crippen LogP contribution in [0.1, 0.15) is 13.8 Å². The van der Waals surface area contributed by atoms with Crippen molar-refractivity contribution in [3.8, 4) is 11.5 Å². The van der Waals surface area contributed by atoms with Crippen molar-refractivity contribution in [3.05, 3.63) is 48.5 Å². The lowest BCUT2D eigenvalue weighted by Crippen LogP contribution is -2.29. The Bertz CT molecular complexity index is 883. The van der Waals surface area contributed by atoms with Gasteiger partial charge in [0.15, 0.2) is 9.84 Å². The van der Waals surface area contributed by atoms with E-state index in [1.807, 2.05) is 17.9 Å². The number of likely N-dealkylation sites (N-methyl/N-ethyl adjacent to an activating group) is 1. The zero-order valence-corrected chi connectivity index (χ0v) is 17.1. The summed E-state index contributed by atoms with van der Waals surface area (Å²) < 4.78 is 40.0. The molecule has 8 heteroatoms. The van der Waals surface area contributed by atoms with E-state index >= 15 is 0 Å². The number of carbonyl (C=O) groups excluding carboxylic acids is 1. The molecular formula is C20H25NO6S. The van der Waals surface area contributed by atoms with Crippen molar-refractivity contribution in [2.24, 2.45) is 0 Å². The van der Waals surface area contributed by atoms with E-state index in [0.29, 0.717) is 30.3 Å². The van der Waals surface area contributed by atoms with Crippen LogP contribution in [-0.2, 0) is 14.6 Å². The van der Waals surface area contributed by atoms with Crippen LogP contribution in [0, 0.1) is 0 Å². The number of anilines is 1. The van der Waals surface area contributed by atoms with E-state index in [1.54, 1.807) is 43.3 Å². The molecule has 0 bridgehead atoms. The fourth-order valence-electron chi connectivity index (χ4n) is 2.58. The Morgan fingerprint density at radius 3 is 2.39 bits per heavy atom. The minimum Gasteiger partial charge on any atom is -0.495 e. The molecule has 0 aliphatic heterocycles. The molecule has 0 spiro atoms. The third-order valence-electron chi connectivity index (χ3n) is 4.14. The summed E-state index contributed by atoms with van der Waals surface area (Å²) in [5.74, 6) is 0.960. The second-order valence-corrected chi connectivity index (χ2v) is 8.11. The first-order valence-corrected chi connectivity index (χ1v) is 10.6. The van der Waals surface area contributed by atoms with Crippen LogP contribution in [-0.4, -0.2) is 47.1 Å². The van der Waals surface area contributed by atoms with Crippen LogP contribution in [0.15, 0.2) is 53.4 Å². The van der Waals surface area contributed by atoms with Crippen LogP contribution in [0.5, 0.6) is 11.5 Å². The van der Waals surface area contributed by atoms with Crippen LogP contribution in [0.3, 0.4) is 0 Å². The van der Waals surface area contributed by atoms with E-state index in [1.165, 1.54) is 13.2 Å². The maximum Gasteiger partial charge on any atom is 0.513 e. The highest BCUT2D eigenvalue weighted by molar-refractivity contribution is 7.91. The average molecular weight is 407 g/mol. The SMILES string of the molecule is CCN(CCOC(=O)Oc1ccccc1)c1cc(S(=O)(=O)CC)ccc1OC. The first-order valence-electron chi connectivity index (χ1n) is 8.96. The van der Waals surface area contributed by atoms with Gasteiger partial charge in [0, 0.05) is 6.54 Å². The predicted octanol–water partition coefficient (Wildman–Crippen LogP) is 3.53. The largest absolute Gasteiger partial charge is 0.513 e. The molecule has 0 aliphatic carbocycles. The number of rotatable bonds is 9.